The number of anilines is 1. The Morgan fingerprint density at radius 1 is 1.71 bits per heavy atom. The highest BCUT2D eigenvalue weighted by Crippen LogP contribution is 2.26. The Morgan fingerprint density at radius 2 is 2.41 bits per heavy atom. The zero-order valence-electron chi connectivity index (χ0n) is 9.69. The second kappa shape index (κ2) is 6.25. The summed E-state index contributed by atoms with van der Waals surface area (Å²) < 4.78 is 0. The largest absolute Gasteiger partial charge is 0.478 e. The van der Waals surface area contributed by atoms with Crippen LogP contribution < -0.4 is 4.90 Å². The van der Waals surface area contributed by atoms with Crippen LogP contribution >= 0.6 is 11.6 Å². The molecule has 0 aromatic carbocycles. The van der Waals surface area contributed by atoms with Gasteiger partial charge in [0, 0.05) is 19.8 Å². The van der Waals surface area contributed by atoms with Crippen molar-refractivity contribution in [3.8, 4) is 0 Å². The quantitative estimate of drug-likeness (QED) is 0.627. The summed E-state index contributed by atoms with van der Waals surface area (Å²) in [5.41, 5.74) is 0.0761. The molecule has 1 N–H and O–H groups in total. The Labute approximate surface area is 106 Å². The lowest BCUT2D eigenvalue weighted by atomic mass is 10.2. The predicted molar refractivity (Wildman–Crippen MR) is 68.9 cm³/mol. The molecule has 0 amide bonds. The molecule has 1 aromatic rings. The van der Waals surface area contributed by atoms with Crippen LogP contribution in [0.1, 0.15) is 23.2 Å². The average Bonchev–Trinajstić information content (AvgIpc) is 2.29. The summed E-state index contributed by atoms with van der Waals surface area (Å²) in [6.07, 6.45) is 5.13. The number of unbranched alkanes of at least 4 members (excludes halogenated alkanes) is 1. The molecule has 1 rings (SSSR count). The molecule has 0 saturated heterocycles. The fourth-order valence-corrected chi connectivity index (χ4v) is 1.78. The molecule has 1 heterocycles. The summed E-state index contributed by atoms with van der Waals surface area (Å²) in [6.45, 7) is 4.40. The molecule has 92 valence electrons. The van der Waals surface area contributed by atoms with Crippen molar-refractivity contribution in [3.05, 3.63) is 35.5 Å². The topological polar surface area (TPSA) is 53.4 Å². The second-order valence-electron chi connectivity index (χ2n) is 3.65. The third-order valence-corrected chi connectivity index (χ3v) is 2.74. The minimum atomic E-state index is -1.04. The van der Waals surface area contributed by atoms with Crippen molar-refractivity contribution < 1.29 is 9.90 Å². The first kappa shape index (κ1) is 13.5. The van der Waals surface area contributed by atoms with E-state index in [1.54, 1.807) is 0 Å². The van der Waals surface area contributed by atoms with Crippen LogP contribution in [0.3, 0.4) is 0 Å². The third kappa shape index (κ3) is 3.46. The maximum absolute atomic E-state index is 10.9. The summed E-state index contributed by atoms with van der Waals surface area (Å²) in [4.78, 5) is 16.9. The van der Waals surface area contributed by atoms with Crippen LogP contribution in [0, 0.1) is 0 Å². The molecule has 4 nitrogen and oxygen atoms in total. The van der Waals surface area contributed by atoms with E-state index in [0.717, 1.165) is 19.4 Å². The highest BCUT2D eigenvalue weighted by atomic mass is 35.5. The Bertz CT molecular complexity index is 421. The number of carboxylic acids is 1. The van der Waals surface area contributed by atoms with E-state index in [0.29, 0.717) is 5.82 Å². The minimum Gasteiger partial charge on any atom is -0.478 e. The van der Waals surface area contributed by atoms with Crippen LogP contribution in [-0.4, -0.2) is 29.7 Å². The third-order valence-electron chi connectivity index (χ3n) is 2.36. The Hall–Kier alpha value is -1.55. The van der Waals surface area contributed by atoms with Crippen molar-refractivity contribution in [3.63, 3.8) is 0 Å². The number of hydrogen-bond acceptors (Lipinski definition) is 3. The number of halogens is 1. The molecule has 0 aliphatic heterocycles. The number of rotatable bonds is 6. The van der Waals surface area contributed by atoms with E-state index in [-0.39, 0.29) is 10.6 Å². The summed E-state index contributed by atoms with van der Waals surface area (Å²) in [7, 11) is 1.84. The molecule has 0 fully saturated rings. The number of carboxylic acid groups (broad SMARTS) is 1. The fraction of sp³-hybridized carbons (Fsp3) is 0.333. The summed E-state index contributed by atoms with van der Waals surface area (Å²) >= 11 is 6.01. The number of nitrogens with zero attached hydrogens (tertiary/aromatic N) is 2. The molecule has 0 aliphatic rings. The van der Waals surface area contributed by atoms with E-state index in [1.165, 1.54) is 12.3 Å². The van der Waals surface area contributed by atoms with Crippen molar-refractivity contribution in [1.29, 1.82) is 0 Å². The van der Waals surface area contributed by atoms with Crippen LogP contribution in [-0.2, 0) is 0 Å². The van der Waals surface area contributed by atoms with Gasteiger partial charge in [-0.3, -0.25) is 0 Å². The van der Waals surface area contributed by atoms with Crippen molar-refractivity contribution in [2.24, 2.45) is 0 Å². The molecule has 0 atom stereocenters. The number of carbonyl (C=O) groups is 1. The summed E-state index contributed by atoms with van der Waals surface area (Å²) in [6, 6.07) is 1.39. The summed E-state index contributed by atoms with van der Waals surface area (Å²) in [5.74, 6) is -0.547. The average molecular weight is 255 g/mol. The normalized spacial score (nSPS) is 10.0. The molecule has 0 radical (unpaired) electrons. The van der Waals surface area contributed by atoms with Crippen LogP contribution in [0.15, 0.2) is 24.9 Å². The van der Waals surface area contributed by atoms with Gasteiger partial charge in [-0.2, -0.15) is 0 Å². The van der Waals surface area contributed by atoms with Gasteiger partial charge in [0.05, 0.1) is 10.6 Å². The first-order chi connectivity index (χ1) is 8.07. The zero-order chi connectivity index (χ0) is 12.8. The first-order valence-electron chi connectivity index (χ1n) is 5.27. The standard InChI is InChI=1S/C12H15ClN2O2/c1-3-4-5-8-15(2)11-10(13)9(12(16)17)6-7-14-11/h3,6-7H,1,4-5,8H2,2H3,(H,16,17). The number of hydrogen-bond donors (Lipinski definition) is 1. The lowest BCUT2D eigenvalue weighted by Gasteiger charge is -2.19. The molecule has 5 heteroatoms. The van der Waals surface area contributed by atoms with Gasteiger partial charge >= 0.3 is 5.97 Å². The van der Waals surface area contributed by atoms with Gasteiger partial charge in [0.15, 0.2) is 0 Å². The lowest BCUT2D eigenvalue weighted by Crippen LogP contribution is -2.20. The minimum absolute atomic E-state index is 0.0761. The van der Waals surface area contributed by atoms with Crippen molar-refractivity contribution in [2.45, 2.75) is 12.8 Å². The van der Waals surface area contributed by atoms with Crippen LogP contribution in [0.2, 0.25) is 5.02 Å². The SMILES string of the molecule is C=CCCCN(C)c1nccc(C(=O)O)c1Cl. The van der Waals surface area contributed by atoms with Crippen molar-refractivity contribution in [1.82, 2.24) is 4.98 Å². The Kier molecular flexibility index (Phi) is 4.97. The maximum Gasteiger partial charge on any atom is 0.337 e. The van der Waals surface area contributed by atoms with E-state index in [1.807, 2.05) is 18.0 Å². The van der Waals surface area contributed by atoms with Gasteiger partial charge in [0.2, 0.25) is 0 Å². The molecular weight excluding hydrogens is 240 g/mol. The van der Waals surface area contributed by atoms with E-state index in [4.69, 9.17) is 16.7 Å². The van der Waals surface area contributed by atoms with Crippen molar-refractivity contribution >= 4 is 23.4 Å². The molecular formula is C12H15ClN2O2. The highest BCUT2D eigenvalue weighted by Gasteiger charge is 2.15. The van der Waals surface area contributed by atoms with Gasteiger partial charge in [0.25, 0.3) is 0 Å². The van der Waals surface area contributed by atoms with E-state index < -0.39 is 5.97 Å². The molecule has 0 aliphatic carbocycles. The maximum atomic E-state index is 10.9. The van der Waals surface area contributed by atoms with Gasteiger partial charge in [-0.15, -0.1) is 6.58 Å². The molecule has 0 unspecified atom stereocenters. The molecule has 17 heavy (non-hydrogen) atoms. The zero-order valence-corrected chi connectivity index (χ0v) is 10.4. The van der Waals surface area contributed by atoms with E-state index in [9.17, 15) is 4.79 Å². The van der Waals surface area contributed by atoms with Gasteiger partial charge in [-0.05, 0) is 18.9 Å². The van der Waals surface area contributed by atoms with Crippen LogP contribution in [0.25, 0.3) is 0 Å². The summed E-state index contributed by atoms with van der Waals surface area (Å²) in [5, 5.41) is 9.12. The molecule has 1 aromatic heterocycles. The smallest absolute Gasteiger partial charge is 0.337 e. The van der Waals surface area contributed by atoms with E-state index in [2.05, 4.69) is 11.6 Å². The highest BCUT2D eigenvalue weighted by molar-refractivity contribution is 6.35. The van der Waals surface area contributed by atoms with Gasteiger partial charge < -0.3 is 10.0 Å². The number of aromatic nitrogens is 1. The van der Waals surface area contributed by atoms with Crippen LogP contribution in [0.5, 0.6) is 0 Å². The van der Waals surface area contributed by atoms with E-state index >= 15 is 0 Å². The van der Waals surface area contributed by atoms with Crippen molar-refractivity contribution in [2.75, 3.05) is 18.5 Å². The lowest BCUT2D eigenvalue weighted by molar-refractivity contribution is 0.0697. The predicted octanol–water partition coefficient (Wildman–Crippen LogP) is 2.84. The molecule has 0 spiro atoms. The fourth-order valence-electron chi connectivity index (χ4n) is 1.44. The monoisotopic (exact) mass is 254 g/mol. The number of allylic oxidation sites excluding steroid dienone is 1. The van der Waals surface area contributed by atoms with Crippen LogP contribution in [0.4, 0.5) is 5.82 Å². The Morgan fingerprint density at radius 3 is 3.00 bits per heavy atom. The second-order valence-corrected chi connectivity index (χ2v) is 4.03. The van der Waals surface area contributed by atoms with Gasteiger partial charge in [0.1, 0.15) is 5.82 Å². The van der Waals surface area contributed by atoms with Gasteiger partial charge in [-0.25, -0.2) is 9.78 Å². The molecule has 0 bridgehead atoms. The number of pyridine rings is 1. The molecule has 0 saturated carbocycles. The van der Waals surface area contributed by atoms with Gasteiger partial charge in [-0.1, -0.05) is 17.7 Å². The Balaban J connectivity index is 2.86. The number of aromatic carboxylic acids is 1. The first-order valence-corrected chi connectivity index (χ1v) is 5.65.